The molecule has 0 spiro atoms. The van der Waals surface area contributed by atoms with Gasteiger partial charge in [0.2, 0.25) is 0 Å². The van der Waals surface area contributed by atoms with Crippen LogP contribution in [-0.4, -0.2) is 13.7 Å². The quantitative estimate of drug-likeness (QED) is 0.646. The van der Waals surface area contributed by atoms with Crippen LogP contribution in [-0.2, 0) is 10.2 Å². The second-order valence-electron chi connectivity index (χ2n) is 3.71. The summed E-state index contributed by atoms with van der Waals surface area (Å²) >= 11 is 0. The van der Waals surface area contributed by atoms with E-state index in [4.69, 9.17) is 0 Å². The molecular weight excluding hydrogens is 179 g/mol. The molecule has 0 atom stereocenters. The summed E-state index contributed by atoms with van der Waals surface area (Å²) in [5, 5.41) is -0.711. The highest BCUT2D eigenvalue weighted by Crippen LogP contribution is 2.49. The van der Waals surface area contributed by atoms with E-state index in [1.54, 1.807) is 0 Å². The van der Waals surface area contributed by atoms with E-state index < -0.39 is 15.5 Å². The third-order valence-electron chi connectivity index (χ3n) is 3.22. The molecule has 0 radical (unpaired) electrons. The Balaban J connectivity index is 2.57. The molecule has 0 N–H and O–H groups in total. The maximum atomic E-state index is 12.4. The van der Waals surface area contributed by atoms with E-state index in [-0.39, 0.29) is 5.41 Å². The minimum atomic E-state index is -4.26. The highest BCUT2D eigenvalue weighted by Gasteiger charge is 2.47. The van der Waals surface area contributed by atoms with Gasteiger partial charge in [-0.3, -0.25) is 0 Å². The van der Waals surface area contributed by atoms with E-state index in [0.717, 1.165) is 12.8 Å². The molecule has 72 valence electrons. The zero-order valence-electron chi connectivity index (χ0n) is 7.51. The average molecular weight is 194 g/mol. The lowest BCUT2D eigenvalue weighted by atomic mass is 9.65. The molecule has 4 heteroatoms. The van der Waals surface area contributed by atoms with E-state index in [1.165, 1.54) is 0 Å². The van der Waals surface area contributed by atoms with Crippen LogP contribution in [0.4, 0.5) is 3.89 Å². The van der Waals surface area contributed by atoms with Crippen LogP contribution in [0.2, 0.25) is 0 Å². The zero-order chi connectivity index (χ0) is 9.41. The molecule has 1 aliphatic carbocycles. The smallest absolute Gasteiger partial charge is 0.195 e. The molecule has 0 heterocycles. The Kier molecular flexibility index (Phi) is 2.47. The van der Waals surface area contributed by atoms with Crippen LogP contribution in [0.15, 0.2) is 0 Å². The molecule has 12 heavy (non-hydrogen) atoms. The molecule has 1 saturated carbocycles. The minimum Gasteiger partial charge on any atom is -0.195 e. The summed E-state index contributed by atoms with van der Waals surface area (Å²) in [7, 11) is -4.26. The second kappa shape index (κ2) is 2.98. The lowest BCUT2D eigenvalue weighted by Crippen LogP contribution is -2.43. The van der Waals surface area contributed by atoms with Gasteiger partial charge in [-0.05, 0) is 18.3 Å². The fraction of sp³-hybridized carbons (Fsp3) is 1.00. The highest BCUT2D eigenvalue weighted by atomic mass is 32.3. The lowest BCUT2D eigenvalue weighted by Gasteiger charge is -2.44. The molecule has 0 aliphatic heterocycles. The van der Waals surface area contributed by atoms with Crippen molar-refractivity contribution in [2.75, 3.05) is 0 Å². The van der Waals surface area contributed by atoms with Gasteiger partial charge in [0.1, 0.15) is 0 Å². The monoisotopic (exact) mass is 194 g/mol. The van der Waals surface area contributed by atoms with Gasteiger partial charge in [-0.15, -0.1) is 3.89 Å². The molecule has 0 amide bonds. The third-order valence-corrected chi connectivity index (χ3v) is 4.35. The van der Waals surface area contributed by atoms with Gasteiger partial charge < -0.3 is 0 Å². The summed E-state index contributed by atoms with van der Waals surface area (Å²) in [6.07, 6.45) is 2.93. The Hall–Kier alpha value is -0.120. The molecule has 0 bridgehead atoms. The summed E-state index contributed by atoms with van der Waals surface area (Å²) in [6, 6.07) is 0. The number of rotatable bonds is 3. The fourth-order valence-electron chi connectivity index (χ4n) is 1.93. The Morgan fingerprint density at radius 1 is 1.33 bits per heavy atom. The van der Waals surface area contributed by atoms with Crippen LogP contribution in [0.25, 0.3) is 0 Å². The molecule has 0 aromatic carbocycles. The summed E-state index contributed by atoms with van der Waals surface area (Å²) in [5.41, 5.74) is 0.115. The van der Waals surface area contributed by atoms with Crippen molar-refractivity contribution in [1.82, 2.24) is 0 Å². The van der Waals surface area contributed by atoms with Gasteiger partial charge in [0, 0.05) is 0 Å². The summed E-state index contributed by atoms with van der Waals surface area (Å²) < 4.78 is 33.4. The van der Waals surface area contributed by atoms with Crippen molar-refractivity contribution in [3.8, 4) is 0 Å². The Morgan fingerprint density at radius 3 is 2.00 bits per heavy atom. The van der Waals surface area contributed by atoms with Crippen molar-refractivity contribution >= 4 is 10.2 Å². The highest BCUT2D eigenvalue weighted by molar-refractivity contribution is 7.87. The van der Waals surface area contributed by atoms with Crippen LogP contribution < -0.4 is 0 Å². The predicted molar refractivity (Wildman–Crippen MR) is 46.1 cm³/mol. The van der Waals surface area contributed by atoms with Gasteiger partial charge in [-0.25, -0.2) is 0 Å². The molecular formula is C8H15FO2S. The standard InChI is InChI=1S/C8H15FO2S/c1-3-8(4-2)5-7(6-8)12(9,10)11/h7H,3-6H2,1-2H3. The Morgan fingerprint density at radius 2 is 1.75 bits per heavy atom. The average Bonchev–Trinajstić information content (AvgIpc) is 1.85. The Bertz CT molecular complexity index is 246. The van der Waals surface area contributed by atoms with E-state index >= 15 is 0 Å². The normalized spacial score (nSPS) is 23.6. The molecule has 1 aliphatic rings. The zero-order valence-corrected chi connectivity index (χ0v) is 8.32. The van der Waals surface area contributed by atoms with Crippen molar-refractivity contribution in [2.45, 2.75) is 44.8 Å². The minimum absolute atomic E-state index is 0.115. The third kappa shape index (κ3) is 1.63. The maximum Gasteiger partial charge on any atom is 0.305 e. The molecule has 0 aromatic heterocycles. The van der Waals surface area contributed by atoms with E-state index in [9.17, 15) is 12.3 Å². The van der Waals surface area contributed by atoms with Crippen molar-refractivity contribution < 1.29 is 12.3 Å². The molecule has 0 unspecified atom stereocenters. The molecule has 0 saturated heterocycles. The fourth-order valence-corrected chi connectivity index (χ4v) is 3.04. The molecule has 2 nitrogen and oxygen atoms in total. The first kappa shape index (κ1) is 9.96. The summed E-state index contributed by atoms with van der Waals surface area (Å²) in [5.74, 6) is 0. The predicted octanol–water partition coefficient (Wildman–Crippen LogP) is 2.25. The lowest BCUT2D eigenvalue weighted by molar-refractivity contribution is 0.123. The largest absolute Gasteiger partial charge is 0.305 e. The first-order chi connectivity index (χ1) is 5.43. The van der Waals surface area contributed by atoms with E-state index in [2.05, 4.69) is 0 Å². The molecule has 1 rings (SSSR count). The number of hydrogen-bond donors (Lipinski definition) is 0. The van der Waals surface area contributed by atoms with Crippen LogP contribution in [0.3, 0.4) is 0 Å². The van der Waals surface area contributed by atoms with Crippen molar-refractivity contribution in [3.63, 3.8) is 0 Å². The maximum absolute atomic E-state index is 12.4. The van der Waals surface area contributed by atoms with Crippen LogP contribution in [0.5, 0.6) is 0 Å². The second-order valence-corrected chi connectivity index (χ2v) is 5.33. The van der Waals surface area contributed by atoms with Gasteiger partial charge in [-0.1, -0.05) is 26.7 Å². The van der Waals surface area contributed by atoms with Crippen molar-refractivity contribution in [3.05, 3.63) is 0 Å². The van der Waals surface area contributed by atoms with E-state index in [0.29, 0.717) is 12.8 Å². The summed E-state index contributed by atoms with van der Waals surface area (Å²) in [6.45, 7) is 4.06. The van der Waals surface area contributed by atoms with Gasteiger partial charge in [0.05, 0.1) is 5.25 Å². The van der Waals surface area contributed by atoms with Crippen molar-refractivity contribution in [1.29, 1.82) is 0 Å². The number of hydrogen-bond acceptors (Lipinski definition) is 2. The first-order valence-corrected chi connectivity index (χ1v) is 5.81. The first-order valence-electron chi connectivity index (χ1n) is 4.37. The summed E-state index contributed by atoms with van der Waals surface area (Å²) in [4.78, 5) is 0. The van der Waals surface area contributed by atoms with Crippen LogP contribution in [0.1, 0.15) is 39.5 Å². The Labute approximate surface area is 73.4 Å². The van der Waals surface area contributed by atoms with Gasteiger partial charge >= 0.3 is 10.2 Å². The SMILES string of the molecule is CCC1(CC)CC(S(=O)(=O)F)C1. The topological polar surface area (TPSA) is 34.1 Å². The van der Waals surface area contributed by atoms with Crippen molar-refractivity contribution in [2.24, 2.45) is 5.41 Å². The van der Waals surface area contributed by atoms with Crippen LogP contribution in [0, 0.1) is 5.41 Å². The molecule has 0 aromatic rings. The van der Waals surface area contributed by atoms with Crippen LogP contribution >= 0.6 is 0 Å². The van der Waals surface area contributed by atoms with Gasteiger partial charge in [0.15, 0.2) is 0 Å². The molecule has 1 fully saturated rings. The van der Waals surface area contributed by atoms with Gasteiger partial charge in [-0.2, -0.15) is 8.42 Å². The van der Waals surface area contributed by atoms with E-state index in [1.807, 2.05) is 13.8 Å². The number of halogens is 1. The van der Waals surface area contributed by atoms with Gasteiger partial charge in [0.25, 0.3) is 0 Å².